The third-order valence-corrected chi connectivity index (χ3v) is 6.33. The van der Waals surface area contributed by atoms with Crippen molar-refractivity contribution in [1.82, 2.24) is 14.9 Å². The first-order chi connectivity index (χ1) is 15.5. The van der Waals surface area contributed by atoms with Gasteiger partial charge in [-0.05, 0) is 49.3 Å². The standard InChI is InChI=1S/C24H30N4O4/c1-32-21-11-9-17(14-26-21)20(13-22(29)30)28-15-18(24(28)31)5-2-3-7-19-10-8-16-6-4-12-25-23(16)27-19/h8-11,14,18,20H,2-7,12-13,15H2,1H3,(H,25,27)(H,29,30). The molecule has 1 saturated heterocycles. The fraction of sp³-hybridized carbons (Fsp3) is 0.500. The molecule has 2 N–H and O–H groups in total. The molecule has 0 radical (unpaired) electrons. The minimum atomic E-state index is -0.936. The number of carbonyl (C=O) groups is 2. The summed E-state index contributed by atoms with van der Waals surface area (Å²) in [5.41, 5.74) is 3.10. The maximum Gasteiger partial charge on any atom is 0.305 e. The number of nitrogens with one attached hydrogen (secondary N) is 1. The number of amides is 1. The average Bonchev–Trinajstić information content (AvgIpc) is 2.81. The van der Waals surface area contributed by atoms with Crippen molar-refractivity contribution in [3.63, 3.8) is 0 Å². The van der Waals surface area contributed by atoms with Crippen molar-refractivity contribution in [2.75, 3.05) is 25.5 Å². The van der Waals surface area contributed by atoms with E-state index in [0.29, 0.717) is 18.0 Å². The van der Waals surface area contributed by atoms with E-state index in [9.17, 15) is 14.7 Å². The lowest BCUT2D eigenvalue weighted by Crippen LogP contribution is -2.54. The van der Waals surface area contributed by atoms with Crippen LogP contribution in [-0.2, 0) is 22.4 Å². The van der Waals surface area contributed by atoms with Gasteiger partial charge in [-0.25, -0.2) is 9.97 Å². The second-order valence-corrected chi connectivity index (χ2v) is 8.52. The Hall–Kier alpha value is -3.16. The monoisotopic (exact) mass is 438 g/mol. The van der Waals surface area contributed by atoms with Crippen molar-refractivity contribution < 1.29 is 19.4 Å². The number of likely N-dealkylation sites (tertiary alicyclic amines) is 1. The van der Waals surface area contributed by atoms with Gasteiger partial charge >= 0.3 is 5.97 Å². The SMILES string of the molecule is COc1ccc(C(CC(=O)O)N2CC(CCCCc3ccc4c(n3)NCCC4)C2=O)cn1. The van der Waals surface area contributed by atoms with E-state index >= 15 is 0 Å². The molecule has 1 fully saturated rings. The van der Waals surface area contributed by atoms with Gasteiger partial charge < -0.3 is 20.1 Å². The zero-order valence-corrected chi connectivity index (χ0v) is 18.4. The summed E-state index contributed by atoms with van der Waals surface area (Å²) in [5.74, 6) is 0.545. The number of carbonyl (C=O) groups excluding carboxylic acids is 1. The van der Waals surface area contributed by atoms with E-state index in [1.54, 1.807) is 23.2 Å². The summed E-state index contributed by atoms with van der Waals surface area (Å²) in [5, 5.41) is 12.7. The molecule has 170 valence electrons. The highest BCUT2D eigenvalue weighted by Gasteiger charge is 2.41. The van der Waals surface area contributed by atoms with Crippen LogP contribution in [0.25, 0.3) is 0 Å². The Labute approximate surface area is 188 Å². The molecule has 2 unspecified atom stereocenters. The molecule has 2 atom stereocenters. The summed E-state index contributed by atoms with van der Waals surface area (Å²) in [6, 6.07) is 7.26. The minimum absolute atomic E-state index is 0.0307. The number of anilines is 1. The number of aliphatic carboxylic acids is 1. The molecule has 0 aromatic carbocycles. The average molecular weight is 439 g/mol. The second-order valence-electron chi connectivity index (χ2n) is 8.52. The Kier molecular flexibility index (Phi) is 6.87. The van der Waals surface area contributed by atoms with Crippen molar-refractivity contribution in [2.45, 2.75) is 51.0 Å². The lowest BCUT2D eigenvalue weighted by atomic mass is 9.88. The van der Waals surface area contributed by atoms with Crippen LogP contribution in [-0.4, -0.2) is 52.1 Å². The number of pyridine rings is 2. The Morgan fingerprint density at radius 3 is 2.91 bits per heavy atom. The van der Waals surface area contributed by atoms with Crippen LogP contribution in [0.5, 0.6) is 5.88 Å². The van der Waals surface area contributed by atoms with Gasteiger partial charge in [0, 0.05) is 31.0 Å². The first-order valence-electron chi connectivity index (χ1n) is 11.3. The maximum absolute atomic E-state index is 12.8. The number of ether oxygens (including phenoxy) is 1. The summed E-state index contributed by atoms with van der Waals surface area (Å²) >= 11 is 0. The molecule has 8 nitrogen and oxygen atoms in total. The summed E-state index contributed by atoms with van der Waals surface area (Å²) in [6.45, 7) is 1.57. The Morgan fingerprint density at radius 1 is 1.31 bits per heavy atom. The molecule has 2 aliphatic heterocycles. The molecule has 32 heavy (non-hydrogen) atoms. The first-order valence-corrected chi connectivity index (χ1v) is 11.3. The number of fused-ring (bicyclic) bond motifs is 1. The lowest BCUT2D eigenvalue weighted by molar-refractivity contribution is -0.154. The van der Waals surface area contributed by atoms with E-state index in [-0.39, 0.29) is 18.2 Å². The highest BCUT2D eigenvalue weighted by Crippen LogP contribution is 2.35. The summed E-state index contributed by atoms with van der Waals surface area (Å²) in [4.78, 5) is 34.7. The molecule has 2 aliphatic rings. The van der Waals surface area contributed by atoms with Crippen LogP contribution < -0.4 is 10.1 Å². The predicted octanol–water partition coefficient (Wildman–Crippen LogP) is 3.23. The minimum Gasteiger partial charge on any atom is -0.481 e. The van der Waals surface area contributed by atoms with Gasteiger partial charge in [-0.1, -0.05) is 18.6 Å². The van der Waals surface area contributed by atoms with Gasteiger partial charge in [0.25, 0.3) is 0 Å². The summed E-state index contributed by atoms with van der Waals surface area (Å²) < 4.78 is 5.07. The number of unbranched alkanes of at least 4 members (excludes halogenated alkanes) is 1. The van der Waals surface area contributed by atoms with Crippen LogP contribution >= 0.6 is 0 Å². The number of carboxylic acid groups (broad SMARTS) is 1. The number of aromatic nitrogens is 2. The third-order valence-electron chi connectivity index (χ3n) is 6.33. The molecular weight excluding hydrogens is 408 g/mol. The normalized spacial score (nSPS) is 18.3. The zero-order valence-electron chi connectivity index (χ0n) is 18.4. The van der Waals surface area contributed by atoms with Gasteiger partial charge in [0.2, 0.25) is 11.8 Å². The van der Waals surface area contributed by atoms with Crippen LogP contribution in [0.3, 0.4) is 0 Å². The van der Waals surface area contributed by atoms with Crippen molar-refractivity contribution in [3.8, 4) is 5.88 Å². The Morgan fingerprint density at radius 2 is 2.19 bits per heavy atom. The smallest absolute Gasteiger partial charge is 0.305 e. The van der Waals surface area contributed by atoms with Crippen LogP contribution in [0.2, 0.25) is 0 Å². The number of aryl methyl sites for hydroxylation is 2. The van der Waals surface area contributed by atoms with E-state index < -0.39 is 12.0 Å². The molecule has 0 saturated carbocycles. The van der Waals surface area contributed by atoms with E-state index in [2.05, 4.69) is 22.4 Å². The molecule has 0 aliphatic carbocycles. The third kappa shape index (κ3) is 5.00. The van der Waals surface area contributed by atoms with E-state index in [1.165, 1.54) is 12.7 Å². The van der Waals surface area contributed by atoms with Gasteiger partial charge in [-0.15, -0.1) is 0 Å². The van der Waals surface area contributed by atoms with E-state index in [0.717, 1.165) is 56.6 Å². The zero-order chi connectivity index (χ0) is 22.5. The Balaban J connectivity index is 1.26. The van der Waals surface area contributed by atoms with Crippen molar-refractivity contribution >= 4 is 17.7 Å². The first kappa shape index (κ1) is 22.0. The highest BCUT2D eigenvalue weighted by atomic mass is 16.5. The van der Waals surface area contributed by atoms with Crippen LogP contribution in [0.4, 0.5) is 5.82 Å². The topological polar surface area (TPSA) is 105 Å². The van der Waals surface area contributed by atoms with E-state index in [1.807, 2.05) is 0 Å². The van der Waals surface area contributed by atoms with E-state index in [4.69, 9.17) is 9.72 Å². The van der Waals surface area contributed by atoms with Gasteiger partial charge in [0.15, 0.2) is 0 Å². The second kappa shape index (κ2) is 9.97. The molecule has 0 bridgehead atoms. The van der Waals surface area contributed by atoms with Crippen molar-refractivity contribution in [3.05, 3.63) is 47.3 Å². The van der Waals surface area contributed by atoms with Gasteiger partial charge in [0.1, 0.15) is 5.82 Å². The number of hydrogen-bond acceptors (Lipinski definition) is 6. The largest absolute Gasteiger partial charge is 0.481 e. The van der Waals surface area contributed by atoms with Crippen LogP contribution in [0, 0.1) is 5.92 Å². The molecule has 4 heterocycles. The summed E-state index contributed by atoms with van der Waals surface area (Å²) in [7, 11) is 1.53. The van der Waals surface area contributed by atoms with Crippen molar-refractivity contribution in [1.29, 1.82) is 0 Å². The molecule has 4 rings (SSSR count). The number of carboxylic acids is 1. The number of nitrogens with zero attached hydrogens (tertiary/aromatic N) is 3. The van der Waals surface area contributed by atoms with Gasteiger partial charge in [-0.3, -0.25) is 9.59 Å². The number of rotatable bonds is 10. The van der Waals surface area contributed by atoms with Gasteiger partial charge in [-0.2, -0.15) is 0 Å². The number of hydrogen-bond donors (Lipinski definition) is 2. The molecule has 2 aromatic heterocycles. The molecule has 0 spiro atoms. The molecule has 2 aromatic rings. The van der Waals surface area contributed by atoms with Gasteiger partial charge in [0.05, 0.1) is 25.5 Å². The number of β-lactam (4-membered cyclic amide) rings is 1. The van der Waals surface area contributed by atoms with Crippen molar-refractivity contribution in [2.24, 2.45) is 5.92 Å². The summed E-state index contributed by atoms with van der Waals surface area (Å²) in [6.07, 6.45) is 7.35. The number of methoxy groups -OCH3 is 1. The maximum atomic E-state index is 12.8. The predicted molar refractivity (Wildman–Crippen MR) is 120 cm³/mol. The molecule has 8 heteroatoms. The lowest BCUT2D eigenvalue weighted by Gasteiger charge is -2.43. The fourth-order valence-electron chi connectivity index (χ4n) is 4.51. The Bertz CT molecular complexity index is 963. The van der Waals surface area contributed by atoms with Crippen LogP contribution in [0.15, 0.2) is 30.5 Å². The van der Waals surface area contributed by atoms with Crippen LogP contribution in [0.1, 0.15) is 55.0 Å². The molecular formula is C24H30N4O4. The fourth-order valence-corrected chi connectivity index (χ4v) is 4.51. The quantitative estimate of drug-likeness (QED) is 0.433. The molecule has 1 amide bonds. The highest BCUT2D eigenvalue weighted by molar-refractivity contribution is 5.85.